The minimum absolute atomic E-state index is 0.154. The Morgan fingerprint density at radius 1 is 1.03 bits per heavy atom. The molecule has 7 heteroatoms. The summed E-state index contributed by atoms with van der Waals surface area (Å²) in [5.74, 6) is 0.504. The number of aryl methyl sites for hydroxylation is 1. The van der Waals surface area contributed by atoms with E-state index < -0.39 is 5.97 Å². The second-order valence-corrected chi connectivity index (χ2v) is 8.04. The Morgan fingerprint density at radius 2 is 1.83 bits per heavy atom. The second-order valence-electron chi connectivity index (χ2n) is 8.04. The van der Waals surface area contributed by atoms with Crippen LogP contribution in [0.2, 0.25) is 0 Å². The van der Waals surface area contributed by atoms with Gasteiger partial charge in [-0.15, -0.1) is 0 Å². The van der Waals surface area contributed by atoms with Crippen LogP contribution in [0.3, 0.4) is 0 Å². The zero-order valence-electron chi connectivity index (χ0n) is 19.4. The predicted molar refractivity (Wildman–Crippen MR) is 131 cm³/mol. The molecule has 3 aromatic carbocycles. The number of ether oxygens (including phenoxy) is 3. The number of benzene rings is 3. The lowest BCUT2D eigenvalue weighted by Gasteiger charge is -2.07. The molecular weight excluding hydrogens is 444 g/mol. The molecule has 1 aliphatic rings. The number of ketones is 1. The van der Waals surface area contributed by atoms with Crippen LogP contribution in [0.1, 0.15) is 31.8 Å². The summed E-state index contributed by atoms with van der Waals surface area (Å²) in [4.78, 5) is 25.0. The average molecular weight is 466 g/mol. The van der Waals surface area contributed by atoms with Crippen LogP contribution in [0.5, 0.6) is 11.5 Å². The fourth-order valence-electron chi connectivity index (χ4n) is 4.03. The van der Waals surface area contributed by atoms with Gasteiger partial charge in [0.2, 0.25) is 5.78 Å². The van der Waals surface area contributed by atoms with Gasteiger partial charge in [0, 0.05) is 17.3 Å². The number of Topliss-reactive ketones (excluding diaryl/α,β-unsaturated/α-hetero) is 1. The van der Waals surface area contributed by atoms with E-state index in [4.69, 9.17) is 19.3 Å². The number of methoxy groups -OCH3 is 2. The Labute approximate surface area is 202 Å². The van der Waals surface area contributed by atoms with Crippen molar-refractivity contribution in [2.45, 2.75) is 6.92 Å². The number of esters is 1. The number of para-hydroxylation sites is 1. The van der Waals surface area contributed by atoms with Crippen molar-refractivity contribution in [2.24, 2.45) is 0 Å². The van der Waals surface area contributed by atoms with E-state index >= 15 is 0 Å². The molecule has 0 saturated carbocycles. The number of hydrogen-bond donors (Lipinski definition) is 0. The minimum atomic E-state index is -0.515. The lowest BCUT2D eigenvalue weighted by atomic mass is 10.0. The Hall–Kier alpha value is -4.65. The third-order valence-electron chi connectivity index (χ3n) is 5.81. The van der Waals surface area contributed by atoms with Gasteiger partial charge in [0.15, 0.2) is 5.76 Å². The fourth-order valence-corrected chi connectivity index (χ4v) is 4.03. The molecule has 1 aromatic heterocycles. The van der Waals surface area contributed by atoms with Crippen molar-refractivity contribution in [2.75, 3.05) is 14.2 Å². The standard InChI is InChI=1S/C28H22N2O5/c1-17-13-18(9-11-23(17)33-2)26-20(16-30(29-26)21-7-5-4-6-8-21)15-25-27(31)22-14-19(28(32)34-3)10-12-24(22)35-25/h4-16H,1-3H3. The summed E-state index contributed by atoms with van der Waals surface area (Å²) in [5, 5.41) is 4.82. The second kappa shape index (κ2) is 8.95. The first kappa shape index (κ1) is 22.2. The van der Waals surface area contributed by atoms with E-state index in [9.17, 15) is 9.59 Å². The third-order valence-corrected chi connectivity index (χ3v) is 5.81. The quantitative estimate of drug-likeness (QED) is 0.295. The van der Waals surface area contributed by atoms with Crippen molar-refractivity contribution in [1.29, 1.82) is 0 Å². The Balaban J connectivity index is 1.59. The molecule has 0 atom stereocenters. The molecule has 0 fully saturated rings. The van der Waals surface area contributed by atoms with Crippen molar-refractivity contribution >= 4 is 17.8 Å². The first-order valence-corrected chi connectivity index (χ1v) is 10.9. The first-order chi connectivity index (χ1) is 17.0. The highest BCUT2D eigenvalue weighted by Gasteiger charge is 2.29. The summed E-state index contributed by atoms with van der Waals surface area (Å²) in [7, 11) is 2.93. The SMILES string of the molecule is COC(=O)c1ccc2c(c1)C(=O)C(=Cc1cn(-c3ccccc3)nc1-c1ccc(OC)c(C)c1)O2. The molecule has 4 aromatic rings. The topological polar surface area (TPSA) is 79.7 Å². The molecule has 0 bridgehead atoms. The van der Waals surface area contributed by atoms with Gasteiger partial charge in [0.1, 0.15) is 17.2 Å². The van der Waals surface area contributed by atoms with Gasteiger partial charge in [-0.3, -0.25) is 4.79 Å². The molecule has 0 unspecified atom stereocenters. The lowest BCUT2D eigenvalue weighted by Crippen LogP contribution is -2.03. The van der Waals surface area contributed by atoms with Crippen LogP contribution in [0.15, 0.2) is 78.7 Å². The molecular formula is C28H22N2O5. The summed E-state index contributed by atoms with van der Waals surface area (Å²) in [6, 6.07) is 20.2. The van der Waals surface area contributed by atoms with Gasteiger partial charge in [-0.25, -0.2) is 9.48 Å². The number of fused-ring (bicyclic) bond motifs is 1. The van der Waals surface area contributed by atoms with Gasteiger partial charge in [0.25, 0.3) is 0 Å². The summed E-state index contributed by atoms with van der Waals surface area (Å²) >= 11 is 0. The summed E-state index contributed by atoms with van der Waals surface area (Å²) in [6.07, 6.45) is 3.54. The fraction of sp³-hybridized carbons (Fsp3) is 0.107. The van der Waals surface area contributed by atoms with Gasteiger partial charge in [0.05, 0.1) is 31.0 Å². The van der Waals surface area contributed by atoms with Crippen LogP contribution in [0.25, 0.3) is 23.0 Å². The number of carbonyl (C=O) groups is 2. The Morgan fingerprint density at radius 3 is 2.54 bits per heavy atom. The predicted octanol–water partition coefficient (Wildman–Crippen LogP) is 5.26. The van der Waals surface area contributed by atoms with Crippen LogP contribution in [-0.2, 0) is 4.74 Å². The van der Waals surface area contributed by atoms with Crippen molar-refractivity contribution in [1.82, 2.24) is 9.78 Å². The van der Waals surface area contributed by atoms with Crippen LogP contribution in [0, 0.1) is 6.92 Å². The van der Waals surface area contributed by atoms with E-state index in [-0.39, 0.29) is 17.1 Å². The van der Waals surface area contributed by atoms with Gasteiger partial charge in [-0.2, -0.15) is 5.10 Å². The average Bonchev–Trinajstić information content (AvgIpc) is 3.45. The highest BCUT2D eigenvalue weighted by Crippen LogP contribution is 2.35. The molecule has 0 spiro atoms. The van der Waals surface area contributed by atoms with Gasteiger partial charge in [-0.1, -0.05) is 18.2 Å². The van der Waals surface area contributed by atoms with E-state index in [1.54, 1.807) is 30.0 Å². The number of carbonyl (C=O) groups excluding carboxylic acids is 2. The van der Waals surface area contributed by atoms with Gasteiger partial charge in [-0.05, 0) is 67.1 Å². The molecule has 1 aliphatic heterocycles. The third kappa shape index (κ3) is 4.08. The van der Waals surface area contributed by atoms with Crippen molar-refractivity contribution in [3.8, 4) is 28.4 Å². The molecule has 0 amide bonds. The minimum Gasteiger partial charge on any atom is -0.496 e. The van der Waals surface area contributed by atoms with Crippen molar-refractivity contribution in [3.63, 3.8) is 0 Å². The molecule has 0 radical (unpaired) electrons. The maximum Gasteiger partial charge on any atom is 0.337 e. The number of aromatic nitrogens is 2. The molecule has 0 saturated heterocycles. The normalized spacial score (nSPS) is 13.5. The van der Waals surface area contributed by atoms with E-state index in [0.717, 1.165) is 22.6 Å². The molecule has 2 heterocycles. The van der Waals surface area contributed by atoms with E-state index in [1.165, 1.54) is 13.2 Å². The van der Waals surface area contributed by atoms with E-state index in [0.29, 0.717) is 22.6 Å². The van der Waals surface area contributed by atoms with Crippen molar-refractivity contribution in [3.05, 3.63) is 101 Å². The smallest absolute Gasteiger partial charge is 0.337 e. The largest absolute Gasteiger partial charge is 0.496 e. The van der Waals surface area contributed by atoms with Crippen LogP contribution < -0.4 is 9.47 Å². The van der Waals surface area contributed by atoms with Crippen molar-refractivity contribution < 1.29 is 23.8 Å². The maximum absolute atomic E-state index is 13.1. The molecule has 0 aliphatic carbocycles. The van der Waals surface area contributed by atoms with Crippen LogP contribution in [0.4, 0.5) is 0 Å². The summed E-state index contributed by atoms with van der Waals surface area (Å²) in [5.41, 5.74) is 4.73. The number of rotatable bonds is 5. The first-order valence-electron chi connectivity index (χ1n) is 10.9. The molecule has 174 valence electrons. The van der Waals surface area contributed by atoms with Gasteiger partial charge >= 0.3 is 5.97 Å². The molecule has 7 nitrogen and oxygen atoms in total. The van der Waals surface area contributed by atoms with E-state index in [2.05, 4.69) is 0 Å². The number of allylic oxidation sites excluding steroid dienone is 1. The Kier molecular flexibility index (Phi) is 5.66. The summed E-state index contributed by atoms with van der Waals surface area (Å²) < 4.78 is 17.8. The zero-order valence-corrected chi connectivity index (χ0v) is 19.4. The zero-order chi connectivity index (χ0) is 24.5. The molecule has 0 N–H and O–H groups in total. The van der Waals surface area contributed by atoms with Gasteiger partial charge < -0.3 is 14.2 Å². The Bertz CT molecular complexity index is 1480. The summed E-state index contributed by atoms with van der Waals surface area (Å²) in [6.45, 7) is 1.97. The van der Waals surface area contributed by atoms with Crippen LogP contribution >= 0.6 is 0 Å². The number of nitrogens with zero attached hydrogens (tertiary/aromatic N) is 2. The number of hydrogen-bond acceptors (Lipinski definition) is 6. The van der Waals surface area contributed by atoms with E-state index in [1.807, 2.05) is 61.7 Å². The highest BCUT2D eigenvalue weighted by molar-refractivity contribution is 6.15. The maximum atomic E-state index is 13.1. The molecule has 35 heavy (non-hydrogen) atoms. The highest BCUT2D eigenvalue weighted by atomic mass is 16.5. The molecule has 5 rings (SSSR count). The van der Waals surface area contributed by atoms with Crippen LogP contribution in [-0.4, -0.2) is 35.8 Å². The lowest BCUT2D eigenvalue weighted by molar-refractivity contribution is 0.0600. The monoisotopic (exact) mass is 466 g/mol.